The van der Waals surface area contributed by atoms with Crippen LogP contribution in [0.5, 0.6) is 0 Å². The lowest BCUT2D eigenvalue weighted by molar-refractivity contribution is 0.0953. The summed E-state index contributed by atoms with van der Waals surface area (Å²) in [7, 11) is 0. The third-order valence-electron chi connectivity index (χ3n) is 2.75. The summed E-state index contributed by atoms with van der Waals surface area (Å²) in [5.41, 5.74) is 1.65. The summed E-state index contributed by atoms with van der Waals surface area (Å²) in [4.78, 5) is 12.0. The van der Waals surface area contributed by atoms with Crippen molar-refractivity contribution >= 4 is 21.8 Å². The Morgan fingerprint density at radius 1 is 1.33 bits per heavy atom. The van der Waals surface area contributed by atoms with E-state index < -0.39 is 0 Å². The second-order valence-corrected chi connectivity index (χ2v) is 4.85. The molecule has 1 amide bonds. The van der Waals surface area contributed by atoms with Crippen LogP contribution in [0.3, 0.4) is 0 Å². The Balaban J connectivity index is 1.93. The molecule has 94 valence electrons. The van der Waals surface area contributed by atoms with Gasteiger partial charge in [0.25, 0.3) is 5.91 Å². The van der Waals surface area contributed by atoms with Gasteiger partial charge in [0.15, 0.2) is 0 Å². The Hall–Kier alpha value is -1.55. The predicted molar refractivity (Wildman–Crippen MR) is 73.6 cm³/mol. The molecule has 0 radical (unpaired) electrons. The zero-order chi connectivity index (χ0) is 13.0. The van der Waals surface area contributed by atoms with E-state index >= 15 is 0 Å². The minimum atomic E-state index is -0.0552. The van der Waals surface area contributed by atoms with Crippen LogP contribution >= 0.6 is 15.9 Å². The number of carbonyl (C=O) groups is 1. The van der Waals surface area contributed by atoms with E-state index in [1.54, 1.807) is 6.26 Å². The van der Waals surface area contributed by atoms with Gasteiger partial charge in [-0.15, -0.1) is 0 Å². The maximum Gasteiger partial charge on any atom is 0.251 e. The summed E-state index contributed by atoms with van der Waals surface area (Å²) in [5, 5.41) is 2.89. The summed E-state index contributed by atoms with van der Waals surface area (Å²) in [6.45, 7) is 2.49. The molecule has 0 saturated carbocycles. The first-order valence-corrected chi connectivity index (χ1v) is 6.53. The second-order valence-electron chi connectivity index (χ2n) is 4.00. The van der Waals surface area contributed by atoms with Crippen molar-refractivity contribution in [3.05, 3.63) is 58.0 Å². The van der Waals surface area contributed by atoms with Gasteiger partial charge in [-0.2, -0.15) is 0 Å². The van der Waals surface area contributed by atoms with Crippen molar-refractivity contribution in [3.8, 4) is 0 Å². The first-order valence-electron chi connectivity index (χ1n) is 5.74. The number of nitrogens with one attached hydrogen (secondary N) is 1. The van der Waals surface area contributed by atoms with Crippen LogP contribution in [-0.4, -0.2) is 12.5 Å². The molecule has 1 heterocycles. The fourth-order valence-corrected chi connectivity index (χ4v) is 2.07. The molecular weight excluding hydrogens is 294 g/mol. The molecule has 0 unspecified atom stereocenters. The Morgan fingerprint density at radius 2 is 2.17 bits per heavy atom. The molecule has 3 nitrogen and oxygen atoms in total. The molecule has 0 aliphatic heterocycles. The summed E-state index contributed by atoms with van der Waals surface area (Å²) < 4.78 is 6.15. The van der Waals surface area contributed by atoms with Gasteiger partial charge >= 0.3 is 0 Å². The Morgan fingerprint density at radius 3 is 2.89 bits per heavy atom. The van der Waals surface area contributed by atoms with E-state index in [0.29, 0.717) is 18.5 Å². The van der Waals surface area contributed by atoms with E-state index in [2.05, 4.69) is 21.2 Å². The number of rotatable bonds is 4. The number of benzene rings is 1. The van der Waals surface area contributed by atoms with Crippen molar-refractivity contribution in [2.75, 3.05) is 6.54 Å². The van der Waals surface area contributed by atoms with E-state index in [0.717, 1.165) is 15.8 Å². The molecule has 1 aromatic carbocycles. The smallest absolute Gasteiger partial charge is 0.251 e. The molecule has 0 spiro atoms. The van der Waals surface area contributed by atoms with Crippen molar-refractivity contribution in [2.24, 2.45) is 0 Å². The molecule has 0 aliphatic carbocycles. The van der Waals surface area contributed by atoms with Crippen LogP contribution in [0.15, 0.2) is 45.5 Å². The van der Waals surface area contributed by atoms with E-state index in [1.165, 1.54) is 0 Å². The Labute approximate surface area is 114 Å². The minimum absolute atomic E-state index is 0.0552. The van der Waals surface area contributed by atoms with Gasteiger partial charge in [-0.3, -0.25) is 4.79 Å². The first kappa shape index (κ1) is 12.9. The van der Waals surface area contributed by atoms with Gasteiger partial charge in [-0.05, 0) is 36.8 Å². The molecule has 2 rings (SSSR count). The highest BCUT2D eigenvalue weighted by Gasteiger charge is 2.10. The number of hydrogen-bond acceptors (Lipinski definition) is 2. The highest BCUT2D eigenvalue weighted by molar-refractivity contribution is 9.10. The van der Waals surface area contributed by atoms with Crippen LogP contribution in [0.1, 0.15) is 21.7 Å². The molecule has 1 N–H and O–H groups in total. The summed E-state index contributed by atoms with van der Waals surface area (Å²) in [5.74, 6) is 0.821. The van der Waals surface area contributed by atoms with E-state index in [-0.39, 0.29) is 5.91 Å². The van der Waals surface area contributed by atoms with Crippen LogP contribution in [0.2, 0.25) is 0 Å². The standard InChI is InChI=1S/C14H14BrNO2/c1-10-12(5-2-6-13(10)15)14(17)16-8-7-11-4-3-9-18-11/h2-6,9H,7-8H2,1H3,(H,16,17). The fourth-order valence-electron chi connectivity index (χ4n) is 1.70. The average Bonchev–Trinajstić information content (AvgIpc) is 2.85. The summed E-state index contributed by atoms with van der Waals surface area (Å²) in [6.07, 6.45) is 2.33. The largest absolute Gasteiger partial charge is 0.469 e. The summed E-state index contributed by atoms with van der Waals surface area (Å²) in [6, 6.07) is 9.35. The molecule has 0 fully saturated rings. The van der Waals surface area contributed by atoms with Crippen LogP contribution in [-0.2, 0) is 6.42 Å². The molecule has 0 bridgehead atoms. The van der Waals surface area contributed by atoms with Gasteiger partial charge < -0.3 is 9.73 Å². The van der Waals surface area contributed by atoms with Crippen molar-refractivity contribution in [1.82, 2.24) is 5.32 Å². The molecular formula is C14H14BrNO2. The molecule has 1 aromatic heterocycles. The van der Waals surface area contributed by atoms with E-state index in [9.17, 15) is 4.79 Å². The molecule has 18 heavy (non-hydrogen) atoms. The highest BCUT2D eigenvalue weighted by Crippen LogP contribution is 2.19. The van der Waals surface area contributed by atoms with Gasteiger partial charge in [0.05, 0.1) is 6.26 Å². The van der Waals surface area contributed by atoms with Crippen LogP contribution < -0.4 is 5.32 Å². The number of carbonyl (C=O) groups excluding carboxylic acids is 1. The fraction of sp³-hybridized carbons (Fsp3) is 0.214. The Bertz CT molecular complexity index is 535. The lowest BCUT2D eigenvalue weighted by Gasteiger charge is -2.08. The monoisotopic (exact) mass is 307 g/mol. The maximum atomic E-state index is 12.0. The lowest BCUT2D eigenvalue weighted by atomic mass is 10.1. The lowest BCUT2D eigenvalue weighted by Crippen LogP contribution is -2.26. The Kier molecular flexibility index (Phi) is 4.20. The van der Waals surface area contributed by atoms with Gasteiger partial charge in [0.2, 0.25) is 0 Å². The topological polar surface area (TPSA) is 42.2 Å². The SMILES string of the molecule is Cc1c(Br)cccc1C(=O)NCCc1ccco1. The number of amides is 1. The number of hydrogen-bond donors (Lipinski definition) is 1. The van der Waals surface area contributed by atoms with Crippen LogP contribution in [0, 0.1) is 6.92 Å². The van der Waals surface area contributed by atoms with Crippen molar-refractivity contribution < 1.29 is 9.21 Å². The normalized spacial score (nSPS) is 10.3. The van der Waals surface area contributed by atoms with Crippen LogP contribution in [0.4, 0.5) is 0 Å². The zero-order valence-electron chi connectivity index (χ0n) is 10.1. The van der Waals surface area contributed by atoms with E-state index in [4.69, 9.17) is 4.42 Å². The van der Waals surface area contributed by atoms with Gasteiger partial charge in [0, 0.05) is 23.0 Å². The number of furan rings is 1. The quantitative estimate of drug-likeness (QED) is 0.941. The van der Waals surface area contributed by atoms with Gasteiger partial charge in [-0.1, -0.05) is 22.0 Å². The van der Waals surface area contributed by atoms with Crippen molar-refractivity contribution in [3.63, 3.8) is 0 Å². The molecule has 2 aromatic rings. The zero-order valence-corrected chi connectivity index (χ0v) is 11.7. The van der Waals surface area contributed by atoms with Gasteiger partial charge in [0.1, 0.15) is 5.76 Å². The van der Waals surface area contributed by atoms with Crippen molar-refractivity contribution in [1.29, 1.82) is 0 Å². The van der Waals surface area contributed by atoms with Crippen molar-refractivity contribution in [2.45, 2.75) is 13.3 Å². The van der Waals surface area contributed by atoms with E-state index in [1.807, 2.05) is 37.3 Å². The second kappa shape index (κ2) is 5.87. The average molecular weight is 308 g/mol. The molecule has 4 heteroatoms. The third kappa shape index (κ3) is 3.01. The summed E-state index contributed by atoms with van der Waals surface area (Å²) >= 11 is 3.42. The first-order chi connectivity index (χ1) is 8.68. The minimum Gasteiger partial charge on any atom is -0.469 e. The maximum absolute atomic E-state index is 12.0. The van der Waals surface area contributed by atoms with Gasteiger partial charge in [-0.25, -0.2) is 0 Å². The molecule has 0 aliphatic rings. The third-order valence-corrected chi connectivity index (χ3v) is 3.61. The predicted octanol–water partition coefficient (Wildman–Crippen LogP) is 3.32. The number of halogens is 1. The van der Waals surface area contributed by atoms with Crippen LogP contribution in [0.25, 0.3) is 0 Å². The molecule has 0 atom stereocenters. The molecule has 0 saturated heterocycles. The highest BCUT2D eigenvalue weighted by atomic mass is 79.9.